The van der Waals surface area contributed by atoms with Gasteiger partial charge >= 0.3 is 0 Å². The fourth-order valence-corrected chi connectivity index (χ4v) is 3.35. The van der Waals surface area contributed by atoms with E-state index in [1.54, 1.807) is 24.4 Å². The summed E-state index contributed by atoms with van der Waals surface area (Å²) in [4.78, 5) is 10.8. The van der Waals surface area contributed by atoms with E-state index in [4.69, 9.17) is 4.74 Å². The van der Waals surface area contributed by atoms with Gasteiger partial charge in [-0.2, -0.15) is 0 Å². The molecule has 20 heavy (non-hydrogen) atoms. The summed E-state index contributed by atoms with van der Waals surface area (Å²) in [6.45, 7) is 0. The minimum Gasteiger partial charge on any atom is -0.494 e. The molecule has 3 aromatic rings. The van der Waals surface area contributed by atoms with Crippen LogP contribution < -0.4 is 4.74 Å². The van der Waals surface area contributed by atoms with Crippen LogP contribution in [0.3, 0.4) is 0 Å². The number of hydrogen-bond donors (Lipinski definition) is 1. The van der Waals surface area contributed by atoms with E-state index in [1.165, 1.54) is 25.6 Å². The number of imidazole rings is 1. The minimum atomic E-state index is -3.71. The number of pyridine rings is 1. The van der Waals surface area contributed by atoms with Crippen molar-refractivity contribution in [1.29, 1.82) is 0 Å². The van der Waals surface area contributed by atoms with Gasteiger partial charge in [-0.3, -0.25) is 4.98 Å². The molecule has 0 aliphatic heterocycles. The smallest absolute Gasteiger partial charge is 0.240 e. The average Bonchev–Trinajstić information content (AvgIpc) is 3.01. The summed E-state index contributed by atoms with van der Waals surface area (Å²) in [7, 11) is -2.19. The van der Waals surface area contributed by atoms with Crippen molar-refractivity contribution < 1.29 is 13.2 Å². The van der Waals surface area contributed by atoms with Crippen molar-refractivity contribution in [2.75, 3.05) is 7.11 Å². The van der Waals surface area contributed by atoms with E-state index in [0.29, 0.717) is 16.7 Å². The molecule has 2 heterocycles. The maximum absolute atomic E-state index is 12.5. The molecule has 0 aliphatic carbocycles. The Bertz CT molecular complexity index is 858. The van der Waals surface area contributed by atoms with Crippen molar-refractivity contribution in [3.8, 4) is 5.75 Å². The van der Waals surface area contributed by atoms with Gasteiger partial charge in [0, 0.05) is 24.0 Å². The lowest BCUT2D eigenvalue weighted by atomic mass is 10.2. The van der Waals surface area contributed by atoms with Gasteiger partial charge in [-0.15, -0.1) is 0 Å². The van der Waals surface area contributed by atoms with E-state index >= 15 is 0 Å². The summed E-state index contributed by atoms with van der Waals surface area (Å²) in [6.07, 6.45) is 4.46. The van der Waals surface area contributed by atoms with Gasteiger partial charge in [-0.1, -0.05) is 0 Å². The van der Waals surface area contributed by atoms with Crippen molar-refractivity contribution in [2.45, 2.75) is 10.1 Å². The summed E-state index contributed by atoms with van der Waals surface area (Å²) in [5.41, 5.74) is 0.502. The summed E-state index contributed by atoms with van der Waals surface area (Å²) in [5.74, 6) is 0.527. The maximum Gasteiger partial charge on any atom is 0.240 e. The Labute approximate surface area is 115 Å². The molecular weight excluding hydrogens is 278 g/mol. The fraction of sp³-hybridized carbons (Fsp3) is 0.0769. The van der Waals surface area contributed by atoms with E-state index in [0.717, 1.165) is 0 Å². The van der Waals surface area contributed by atoms with E-state index < -0.39 is 9.84 Å². The third kappa shape index (κ3) is 1.83. The molecule has 1 aromatic carbocycles. The zero-order valence-corrected chi connectivity index (χ0v) is 11.4. The van der Waals surface area contributed by atoms with Crippen LogP contribution in [-0.2, 0) is 9.84 Å². The normalized spacial score (nSPS) is 11.7. The predicted octanol–water partition coefficient (Wildman–Crippen LogP) is 1.80. The largest absolute Gasteiger partial charge is 0.494 e. The zero-order chi connectivity index (χ0) is 14.2. The Morgan fingerprint density at radius 2 is 2.00 bits per heavy atom. The lowest BCUT2D eigenvalue weighted by Gasteiger charge is -2.09. The van der Waals surface area contributed by atoms with Crippen LogP contribution in [0.5, 0.6) is 5.75 Å². The van der Waals surface area contributed by atoms with Gasteiger partial charge in [0.25, 0.3) is 0 Å². The van der Waals surface area contributed by atoms with Crippen LogP contribution in [-0.4, -0.2) is 30.5 Å². The first-order valence-electron chi connectivity index (χ1n) is 5.81. The lowest BCUT2D eigenvalue weighted by Crippen LogP contribution is -2.05. The number of aromatic nitrogens is 3. The highest BCUT2D eigenvalue weighted by Crippen LogP contribution is 2.31. The van der Waals surface area contributed by atoms with Crippen molar-refractivity contribution in [1.82, 2.24) is 15.0 Å². The molecular formula is C13H11N3O3S. The molecule has 0 bridgehead atoms. The Balaban J connectivity index is 2.34. The summed E-state index contributed by atoms with van der Waals surface area (Å²) < 4.78 is 30.3. The summed E-state index contributed by atoms with van der Waals surface area (Å²) >= 11 is 0. The number of fused-ring (bicyclic) bond motifs is 1. The first kappa shape index (κ1) is 12.6. The molecule has 3 rings (SSSR count). The Morgan fingerprint density at radius 3 is 2.70 bits per heavy atom. The monoisotopic (exact) mass is 289 g/mol. The first-order chi connectivity index (χ1) is 9.64. The molecule has 0 fully saturated rings. The van der Waals surface area contributed by atoms with Crippen molar-refractivity contribution in [2.24, 2.45) is 0 Å². The van der Waals surface area contributed by atoms with Crippen molar-refractivity contribution in [3.05, 3.63) is 42.9 Å². The van der Waals surface area contributed by atoms with Crippen LogP contribution in [0.25, 0.3) is 10.9 Å². The van der Waals surface area contributed by atoms with E-state index in [2.05, 4.69) is 15.0 Å². The number of nitrogens with zero attached hydrogens (tertiary/aromatic N) is 2. The van der Waals surface area contributed by atoms with Gasteiger partial charge in [0.1, 0.15) is 11.3 Å². The number of nitrogens with one attached hydrogen (secondary N) is 1. The average molecular weight is 289 g/mol. The fourth-order valence-electron chi connectivity index (χ4n) is 2.02. The Morgan fingerprint density at radius 1 is 1.15 bits per heavy atom. The number of hydrogen-bond acceptors (Lipinski definition) is 5. The second-order valence-corrected chi connectivity index (χ2v) is 5.90. The van der Waals surface area contributed by atoms with Crippen molar-refractivity contribution >= 4 is 20.7 Å². The van der Waals surface area contributed by atoms with Gasteiger partial charge in [0.2, 0.25) is 15.0 Å². The molecule has 0 unspecified atom stereocenters. The minimum absolute atomic E-state index is 0.0900. The summed E-state index contributed by atoms with van der Waals surface area (Å²) in [5, 5.41) is 0.413. The van der Waals surface area contributed by atoms with Crippen LogP contribution >= 0.6 is 0 Å². The maximum atomic E-state index is 12.5. The molecule has 0 spiro atoms. The summed E-state index contributed by atoms with van der Waals surface area (Å²) in [6, 6.07) is 6.47. The second-order valence-electron chi connectivity index (χ2n) is 4.06. The zero-order valence-electron chi connectivity index (χ0n) is 10.6. The number of methoxy groups -OCH3 is 1. The number of aromatic amines is 1. The Hall–Kier alpha value is -2.41. The molecule has 2 aromatic heterocycles. The van der Waals surface area contributed by atoms with Gasteiger partial charge in [0.15, 0.2) is 0 Å². The number of ether oxygens (including phenoxy) is 1. The molecule has 102 valence electrons. The topological polar surface area (TPSA) is 84.9 Å². The van der Waals surface area contributed by atoms with E-state index in [9.17, 15) is 8.42 Å². The quantitative estimate of drug-likeness (QED) is 0.794. The third-order valence-electron chi connectivity index (χ3n) is 2.93. The van der Waals surface area contributed by atoms with Crippen LogP contribution in [0.4, 0.5) is 0 Å². The van der Waals surface area contributed by atoms with Gasteiger partial charge < -0.3 is 9.72 Å². The molecule has 1 N–H and O–H groups in total. The highest BCUT2D eigenvalue weighted by atomic mass is 32.2. The molecule has 0 atom stereocenters. The molecule has 0 aliphatic rings. The second kappa shape index (κ2) is 4.61. The van der Waals surface area contributed by atoms with Crippen LogP contribution in [0.15, 0.2) is 52.9 Å². The molecule has 6 nitrogen and oxygen atoms in total. The van der Waals surface area contributed by atoms with Gasteiger partial charge in [0.05, 0.1) is 12.0 Å². The molecule has 0 saturated heterocycles. The SMILES string of the molecule is COc1ccc(S(=O)(=O)c2ncc[nH]2)c2cccnc12. The number of sulfone groups is 1. The van der Waals surface area contributed by atoms with Gasteiger partial charge in [-0.25, -0.2) is 13.4 Å². The van der Waals surface area contributed by atoms with Crippen LogP contribution in [0.1, 0.15) is 0 Å². The highest BCUT2D eigenvalue weighted by molar-refractivity contribution is 7.91. The molecule has 7 heteroatoms. The standard InChI is InChI=1S/C13H11N3O3S/c1-19-10-4-5-11(9-3-2-6-14-12(9)10)20(17,18)13-15-7-8-16-13/h2-8H,1H3,(H,15,16). The van der Waals surface area contributed by atoms with Gasteiger partial charge in [-0.05, 0) is 24.3 Å². The highest BCUT2D eigenvalue weighted by Gasteiger charge is 2.23. The number of rotatable bonds is 3. The van der Waals surface area contributed by atoms with Crippen molar-refractivity contribution in [3.63, 3.8) is 0 Å². The Kier molecular flexibility index (Phi) is 2.90. The van der Waals surface area contributed by atoms with Crippen LogP contribution in [0, 0.1) is 0 Å². The number of H-pyrrole nitrogens is 1. The molecule has 0 saturated carbocycles. The first-order valence-corrected chi connectivity index (χ1v) is 7.29. The predicted molar refractivity (Wildman–Crippen MR) is 72.3 cm³/mol. The molecule has 0 amide bonds. The lowest BCUT2D eigenvalue weighted by molar-refractivity contribution is 0.418. The third-order valence-corrected chi connectivity index (χ3v) is 4.60. The molecule has 0 radical (unpaired) electrons. The van der Waals surface area contributed by atoms with E-state index in [-0.39, 0.29) is 10.1 Å². The van der Waals surface area contributed by atoms with Crippen LogP contribution in [0.2, 0.25) is 0 Å². The van der Waals surface area contributed by atoms with E-state index in [1.807, 2.05) is 0 Å². The number of benzene rings is 1.